The largest absolute Gasteiger partial charge is 0.253 e. The molecule has 1 heterocycles. The zero-order valence-electron chi connectivity index (χ0n) is 10.8. The molecule has 0 spiro atoms. The van der Waals surface area contributed by atoms with Gasteiger partial charge in [-0.25, -0.2) is 0 Å². The van der Waals surface area contributed by atoms with Crippen LogP contribution in [0.15, 0.2) is 36.4 Å². The van der Waals surface area contributed by atoms with Gasteiger partial charge in [-0.3, -0.25) is 4.98 Å². The summed E-state index contributed by atoms with van der Waals surface area (Å²) in [6.07, 6.45) is 5.18. The topological polar surface area (TPSA) is 12.9 Å². The summed E-state index contributed by atoms with van der Waals surface area (Å²) in [4.78, 5) is 4.75. The SMILES string of the molecule is CCCCCC(C)c1ccc2ccccc2n1. The molecule has 2 rings (SSSR count). The summed E-state index contributed by atoms with van der Waals surface area (Å²) in [6.45, 7) is 4.53. The Hall–Kier alpha value is -1.37. The van der Waals surface area contributed by atoms with Crippen LogP contribution in [0.2, 0.25) is 0 Å². The van der Waals surface area contributed by atoms with Gasteiger partial charge in [0.05, 0.1) is 5.52 Å². The Balaban J connectivity index is 2.12. The maximum atomic E-state index is 4.75. The van der Waals surface area contributed by atoms with E-state index in [-0.39, 0.29) is 0 Å². The second kappa shape index (κ2) is 5.81. The van der Waals surface area contributed by atoms with Gasteiger partial charge < -0.3 is 0 Å². The van der Waals surface area contributed by atoms with E-state index in [1.165, 1.54) is 36.8 Å². The van der Waals surface area contributed by atoms with E-state index < -0.39 is 0 Å². The van der Waals surface area contributed by atoms with E-state index in [2.05, 4.69) is 50.2 Å². The quantitative estimate of drug-likeness (QED) is 0.661. The number of unbranched alkanes of at least 4 members (excludes halogenated alkanes) is 2. The number of rotatable bonds is 5. The first-order valence-corrected chi connectivity index (χ1v) is 6.67. The predicted molar refractivity (Wildman–Crippen MR) is 74.3 cm³/mol. The third-order valence-electron chi connectivity index (χ3n) is 3.37. The molecule has 0 bridgehead atoms. The second-order valence-corrected chi connectivity index (χ2v) is 4.83. The Morgan fingerprint density at radius 2 is 1.88 bits per heavy atom. The van der Waals surface area contributed by atoms with Gasteiger partial charge in [-0.15, -0.1) is 0 Å². The van der Waals surface area contributed by atoms with E-state index >= 15 is 0 Å². The molecular formula is C16H21N. The summed E-state index contributed by atoms with van der Waals surface area (Å²) in [5.74, 6) is 0.575. The monoisotopic (exact) mass is 227 g/mol. The maximum absolute atomic E-state index is 4.75. The number of nitrogens with zero attached hydrogens (tertiary/aromatic N) is 1. The average Bonchev–Trinajstić information content (AvgIpc) is 2.38. The van der Waals surface area contributed by atoms with Crippen molar-refractivity contribution in [1.82, 2.24) is 4.98 Å². The molecule has 1 unspecified atom stereocenters. The molecular weight excluding hydrogens is 206 g/mol. The van der Waals surface area contributed by atoms with Gasteiger partial charge in [0.2, 0.25) is 0 Å². The Labute approximate surface area is 104 Å². The lowest BCUT2D eigenvalue weighted by Crippen LogP contribution is -1.97. The van der Waals surface area contributed by atoms with E-state index in [0.717, 1.165) is 5.52 Å². The minimum atomic E-state index is 0.575. The van der Waals surface area contributed by atoms with Crippen molar-refractivity contribution in [2.45, 2.75) is 45.4 Å². The van der Waals surface area contributed by atoms with Crippen molar-refractivity contribution in [2.24, 2.45) is 0 Å². The molecule has 2 aromatic rings. The molecule has 0 N–H and O–H groups in total. The number of aromatic nitrogens is 1. The Bertz CT molecular complexity index is 476. The lowest BCUT2D eigenvalue weighted by Gasteiger charge is -2.11. The third-order valence-corrected chi connectivity index (χ3v) is 3.37. The summed E-state index contributed by atoms with van der Waals surface area (Å²) in [5, 5.41) is 1.23. The van der Waals surface area contributed by atoms with Crippen molar-refractivity contribution in [3.8, 4) is 0 Å². The van der Waals surface area contributed by atoms with Crippen molar-refractivity contribution in [1.29, 1.82) is 0 Å². The molecule has 0 fully saturated rings. The molecule has 0 saturated heterocycles. The van der Waals surface area contributed by atoms with Crippen LogP contribution >= 0.6 is 0 Å². The standard InChI is InChI=1S/C16H21N/c1-3-4-5-8-13(2)15-12-11-14-9-6-7-10-16(14)17-15/h6-7,9-13H,3-5,8H2,1-2H3. The number of hydrogen-bond donors (Lipinski definition) is 0. The Morgan fingerprint density at radius 3 is 2.71 bits per heavy atom. The van der Waals surface area contributed by atoms with Crippen LogP contribution in [-0.2, 0) is 0 Å². The van der Waals surface area contributed by atoms with Crippen molar-refractivity contribution < 1.29 is 0 Å². The molecule has 1 aromatic carbocycles. The fourth-order valence-corrected chi connectivity index (χ4v) is 2.20. The summed E-state index contributed by atoms with van der Waals surface area (Å²) in [7, 11) is 0. The fourth-order valence-electron chi connectivity index (χ4n) is 2.20. The molecule has 17 heavy (non-hydrogen) atoms. The van der Waals surface area contributed by atoms with Gasteiger partial charge in [-0.05, 0) is 24.5 Å². The van der Waals surface area contributed by atoms with E-state index in [1.807, 2.05) is 0 Å². The van der Waals surface area contributed by atoms with Gasteiger partial charge in [0.25, 0.3) is 0 Å². The van der Waals surface area contributed by atoms with Crippen LogP contribution in [-0.4, -0.2) is 4.98 Å². The van der Waals surface area contributed by atoms with E-state index in [9.17, 15) is 0 Å². The second-order valence-electron chi connectivity index (χ2n) is 4.83. The molecule has 0 amide bonds. The highest BCUT2D eigenvalue weighted by molar-refractivity contribution is 5.78. The lowest BCUT2D eigenvalue weighted by molar-refractivity contribution is 0.589. The molecule has 0 aliphatic carbocycles. The number of fused-ring (bicyclic) bond motifs is 1. The molecule has 1 nitrogen and oxygen atoms in total. The van der Waals surface area contributed by atoms with E-state index in [0.29, 0.717) is 5.92 Å². The van der Waals surface area contributed by atoms with Gasteiger partial charge >= 0.3 is 0 Å². The fraction of sp³-hybridized carbons (Fsp3) is 0.438. The zero-order valence-corrected chi connectivity index (χ0v) is 10.8. The number of pyridine rings is 1. The highest BCUT2D eigenvalue weighted by atomic mass is 14.7. The summed E-state index contributed by atoms with van der Waals surface area (Å²) in [6, 6.07) is 12.7. The van der Waals surface area contributed by atoms with Crippen LogP contribution in [0.4, 0.5) is 0 Å². The number of benzene rings is 1. The van der Waals surface area contributed by atoms with Crippen molar-refractivity contribution in [3.05, 3.63) is 42.1 Å². The van der Waals surface area contributed by atoms with Crippen LogP contribution < -0.4 is 0 Å². The molecule has 1 aromatic heterocycles. The van der Waals surface area contributed by atoms with Gasteiger partial charge in [-0.2, -0.15) is 0 Å². The zero-order chi connectivity index (χ0) is 12.1. The van der Waals surface area contributed by atoms with Crippen LogP contribution in [0, 0.1) is 0 Å². The van der Waals surface area contributed by atoms with Crippen molar-refractivity contribution >= 4 is 10.9 Å². The lowest BCUT2D eigenvalue weighted by atomic mass is 9.99. The van der Waals surface area contributed by atoms with Crippen molar-refractivity contribution in [2.75, 3.05) is 0 Å². The van der Waals surface area contributed by atoms with Gasteiger partial charge in [0, 0.05) is 11.1 Å². The third kappa shape index (κ3) is 3.06. The highest BCUT2D eigenvalue weighted by Gasteiger charge is 2.07. The van der Waals surface area contributed by atoms with Crippen LogP contribution in [0.5, 0.6) is 0 Å². The molecule has 0 saturated carbocycles. The first kappa shape index (κ1) is 12.1. The number of hydrogen-bond acceptors (Lipinski definition) is 1. The molecule has 0 aliphatic heterocycles. The summed E-state index contributed by atoms with van der Waals surface area (Å²) in [5.41, 5.74) is 2.35. The molecule has 0 aliphatic rings. The van der Waals surface area contributed by atoms with Gasteiger partial charge in [0.15, 0.2) is 0 Å². The minimum Gasteiger partial charge on any atom is -0.253 e. The summed E-state index contributed by atoms with van der Waals surface area (Å²) >= 11 is 0. The van der Waals surface area contributed by atoms with Crippen LogP contribution in [0.3, 0.4) is 0 Å². The number of para-hydroxylation sites is 1. The van der Waals surface area contributed by atoms with Gasteiger partial charge in [0.1, 0.15) is 0 Å². The first-order chi connectivity index (χ1) is 8.31. The van der Waals surface area contributed by atoms with Crippen molar-refractivity contribution in [3.63, 3.8) is 0 Å². The highest BCUT2D eigenvalue weighted by Crippen LogP contribution is 2.22. The maximum Gasteiger partial charge on any atom is 0.0705 e. The predicted octanol–water partition coefficient (Wildman–Crippen LogP) is 4.92. The smallest absolute Gasteiger partial charge is 0.0705 e. The average molecular weight is 227 g/mol. The Morgan fingerprint density at radius 1 is 1.06 bits per heavy atom. The molecule has 1 heteroatoms. The van der Waals surface area contributed by atoms with Crippen LogP contribution in [0.1, 0.15) is 51.1 Å². The molecule has 90 valence electrons. The molecule has 0 radical (unpaired) electrons. The first-order valence-electron chi connectivity index (χ1n) is 6.67. The Kier molecular flexibility index (Phi) is 4.13. The normalized spacial score (nSPS) is 12.8. The van der Waals surface area contributed by atoms with E-state index in [1.54, 1.807) is 0 Å². The van der Waals surface area contributed by atoms with Gasteiger partial charge in [-0.1, -0.05) is 57.4 Å². The van der Waals surface area contributed by atoms with Crippen LogP contribution in [0.25, 0.3) is 10.9 Å². The minimum absolute atomic E-state index is 0.575. The summed E-state index contributed by atoms with van der Waals surface area (Å²) < 4.78 is 0. The van der Waals surface area contributed by atoms with E-state index in [4.69, 9.17) is 4.98 Å². The molecule has 1 atom stereocenters.